The molecule has 3 atom stereocenters. The summed E-state index contributed by atoms with van der Waals surface area (Å²) in [5.74, 6) is -0.0347. The van der Waals surface area contributed by atoms with Gasteiger partial charge < -0.3 is 24.9 Å². The van der Waals surface area contributed by atoms with E-state index in [2.05, 4.69) is 120 Å². The predicted octanol–water partition coefficient (Wildman–Crippen LogP) is 13.3. The van der Waals surface area contributed by atoms with Crippen molar-refractivity contribution in [2.24, 2.45) is 5.92 Å². The lowest BCUT2D eigenvalue weighted by Gasteiger charge is -2.39. The zero-order valence-corrected chi connectivity index (χ0v) is 61.3. The summed E-state index contributed by atoms with van der Waals surface area (Å²) in [6.45, 7) is 15.0. The number of pyridine rings is 3. The maximum Gasteiger partial charge on any atom is 0.416 e. The van der Waals surface area contributed by atoms with Crippen molar-refractivity contribution >= 4 is 36.0 Å². The fourth-order valence-corrected chi connectivity index (χ4v) is 13.2. The van der Waals surface area contributed by atoms with Crippen molar-refractivity contribution < 1.29 is 37.1 Å². The lowest BCUT2D eigenvalue weighted by Crippen LogP contribution is -2.56. The maximum atomic E-state index is 14.3. The van der Waals surface area contributed by atoms with Crippen LogP contribution in [0.3, 0.4) is 0 Å². The molecule has 3 aliphatic heterocycles. The van der Waals surface area contributed by atoms with E-state index in [4.69, 9.17) is 0 Å². The third-order valence-electron chi connectivity index (χ3n) is 19.2. The van der Waals surface area contributed by atoms with E-state index >= 15 is 0 Å². The van der Waals surface area contributed by atoms with Crippen LogP contribution in [0.4, 0.5) is 13.2 Å². The Kier molecular flexibility index (Phi) is 31.1. The Hall–Kier alpha value is -11.1. The molecule has 558 valence electrons. The first-order valence-corrected chi connectivity index (χ1v) is 37.0. The molecule has 0 spiro atoms. The number of rotatable bonds is 24. The number of benzene rings is 7. The highest BCUT2D eigenvalue weighted by Gasteiger charge is 2.35. The van der Waals surface area contributed by atoms with Crippen LogP contribution in [-0.4, -0.2) is 170 Å². The van der Waals surface area contributed by atoms with Crippen molar-refractivity contribution in [1.82, 2.24) is 54.6 Å². The van der Waals surface area contributed by atoms with Gasteiger partial charge in [-0.15, -0.1) is 0 Å². The molecule has 3 saturated heterocycles. The summed E-state index contributed by atoms with van der Waals surface area (Å²) in [5.41, 5.74) is 9.34. The highest BCUT2D eigenvalue weighted by molar-refractivity contribution is 5.96. The number of hydrogen-bond donors (Lipinski definition) is 1. The van der Waals surface area contributed by atoms with Crippen molar-refractivity contribution in [2.75, 3.05) is 78.5 Å². The fourth-order valence-electron chi connectivity index (χ4n) is 13.2. The Balaban J connectivity index is 0.000000171. The number of hydrogen-bond acceptors (Lipinski definition) is 12. The van der Waals surface area contributed by atoms with E-state index in [1.807, 2.05) is 143 Å². The Morgan fingerprint density at radius 1 is 0.417 bits per heavy atom. The molecule has 0 bridgehead atoms. The summed E-state index contributed by atoms with van der Waals surface area (Å²) in [7, 11) is 0. The van der Waals surface area contributed by atoms with Crippen LogP contribution in [0, 0.1) is 5.92 Å². The second-order valence-electron chi connectivity index (χ2n) is 27.2. The largest absolute Gasteiger partial charge is 0.416 e. The second-order valence-corrected chi connectivity index (χ2v) is 27.2. The topological polar surface area (TPSA) is 159 Å². The van der Waals surface area contributed by atoms with E-state index < -0.39 is 23.7 Å². The van der Waals surface area contributed by atoms with Crippen LogP contribution in [0.15, 0.2) is 286 Å². The number of halogens is 3. The van der Waals surface area contributed by atoms with Crippen LogP contribution in [0.25, 0.3) is 6.08 Å². The smallest absolute Gasteiger partial charge is 0.340 e. The lowest BCUT2D eigenvalue weighted by molar-refractivity contribution is -0.145. The van der Waals surface area contributed by atoms with E-state index in [9.17, 15) is 37.1 Å². The van der Waals surface area contributed by atoms with Crippen LogP contribution in [0.2, 0.25) is 0 Å². The normalized spacial score (nSPS) is 15.0. The van der Waals surface area contributed by atoms with Crippen LogP contribution in [0.5, 0.6) is 0 Å². The second kappa shape index (κ2) is 42.3. The molecule has 0 unspecified atom stereocenters. The Morgan fingerprint density at radius 3 is 1.19 bits per heavy atom. The van der Waals surface area contributed by atoms with Gasteiger partial charge in [0.1, 0.15) is 6.04 Å². The van der Waals surface area contributed by atoms with Gasteiger partial charge in [-0.2, -0.15) is 13.2 Å². The molecule has 6 heterocycles. The van der Waals surface area contributed by atoms with E-state index in [1.165, 1.54) is 58.3 Å². The average Bonchev–Trinajstić information content (AvgIpc) is 0.804. The highest BCUT2D eigenvalue weighted by atomic mass is 19.4. The molecule has 108 heavy (non-hydrogen) atoms. The third kappa shape index (κ3) is 26.1. The number of aromatic nitrogens is 3. The van der Waals surface area contributed by atoms with Crippen molar-refractivity contribution in [3.05, 3.63) is 347 Å². The molecule has 13 rings (SSSR count). The SMILES string of the molecule is C[C@@H](Cc1ccccc1)C(=O)N1CCN(Cc2ccccc2)CC1.O=C([C@H](Cc1ccccc1)N(Cc1cccnc1)C(=O)/C=C/c1ccc(C(F)(F)F)cc1)N1CCN(Cc2ccccc2)CC1.O=C([C@H](Cc1ccccc1)NCc1cccnc1)N1CCN(Cc2ccccc2)CC1.O=Cc1cccnc1. The summed E-state index contributed by atoms with van der Waals surface area (Å²) in [4.78, 5) is 90.9. The van der Waals surface area contributed by atoms with Gasteiger partial charge >= 0.3 is 6.18 Å². The summed E-state index contributed by atoms with van der Waals surface area (Å²) < 4.78 is 39.1. The minimum Gasteiger partial charge on any atom is -0.340 e. The molecule has 0 aliphatic carbocycles. The molecule has 7 aromatic carbocycles. The van der Waals surface area contributed by atoms with Crippen molar-refractivity contribution in [3.8, 4) is 0 Å². The first kappa shape index (κ1) is 79.5. The number of carbonyl (C=O) groups is 5. The van der Waals surface area contributed by atoms with Gasteiger partial charge in [0, 0.05) is 172 Å². The molecule has 0 radical (unpaired) electrons. The van der Waals surface area contributed by atoms with Crippen molar-refractivity contribution in [3.63, 3.8) is 0 Å². The van der Waals surface area contributed by atoms with Crippen molar-refractivity contribution in [1.29, 1.82) is 0 Å². The number of alkyl halides is 3. The minimum absolute atomic E-state index is 0.0491. The summed E-state index contributed by atoms with van der Waals surface area (Å²) in [6.07, 6.45) is 11.0. The Labute approximate surface area is 633 Å². The summed E-state index contributed by atoms with van der Waals surface area (Å²) in [6, 6.07) is 75.9. The van der Waals surface area contributed by atoms with Crippen LogP contribution in [0.1, 0.15) is 72.9 Å². The molecule has 10 aromatic rings. The zero-order valence-electron chi connectivity index (χ0n) is 61.3. The number of carbonyl (C=O) groups excluding carboxylic acids is 5. The Morgan fingerprint density at radius 2 is 0.796 bits per heavy atom. The van der Waals surface area contributed by atoms with Crippen LogP contribution < -0.4 is 5.32 Å². The van der Waals surface area contributed by atoms with Gasteiger partial charge in [-0.25, -0.2) is 0 Å². The van der Waals surface area contributed by atoms with Crippen LogP contribution in [-0.2, 0) is 77.3 Å². The molecule has 4 amide bonds. The van der Waals surface area contributed by atoms with Gasteiger partial charge in [-0.3, -0.25) is 53.6 Å². The summed E-state index contributed by atoms with van der Waals surface area (Å²) >= 11 is 0. The van der Waals surface area contributed by atoms with Crippen molar-refractivity contribution in [2.45, 2.75) is 77.2 Å². The number of amides is 4. The van der Waals surface area contributed by atoms with E-state index in [0.717, 1.165) is 114 Å². The lowest BCUT2D eigenvalue weighted by atomic mass is 9.99. The molecule has 1 N–H and O–H groups in total. The quantitative estimate of drug-likeness (QED) is 0.0451. The third-order valence-corrected chi connectivity index (χ3v) is 19.2. The average molecular weight is 1460 g/mol. The van der Waals surface area contributed by atoms with Gasteiger partial charge in [0.15, 0.2) is 6.29 Å². The number of nitrogens with zero attached hydrogens (tertiary/aromatic N) is 10. The number of piperazine rings is 3. The molecule has 16 nitrogen and oxygen atoms in total. The monoisotopic (exact) mass is 1460 g/mol. The van der Waals surface area contributed by atoms with Gasteiger partial charge in [-0.05, 0) is 105 Å². The van der Waals surface area contributed by atoms with Gasteiger partial charge in [0.2, 0.25) is 23.6 Å². The van der Waals surface area contributed by atoms with Crippen LogP contribution >= 0.6 is 0 Å². The number of nitrogens with one attached hydrogen (secondary N) is 1. The number of aldehydes is 1. The van der Waals surface area contributed by atoms with Gasteiger partial charge in [0.25, 0.3) is 0 Å². The first-order chi connectivity index (χ1) is 52.7. The predicted molar refractivity (Wildman–Crippen MR) is 418 cm³/mol. The van der Waals surface area contributed by atoms with E-state index in [1.54, 1.807) is 47.9 Å². The molecule has 3 fully saturated rings. The molecule has 3 aliphatic rings. The minimum atomic E-state index is -4.45. The maximum absolute atomic E-state index is 14.3. The first-order valence-electron chi connectivity index (χ1n) is 37.0. The fraction of sp³-hybridized carbons (Fsp3) is 0.281. The van der Waals surface area contributed by atoms with E-state index in [-0.39, 0.29) is 30.3 Å². The molecular formula is C89H96F3N11O5. The molecular weight excluding hydrogens is 1360 g/mol. The van der Waals surface area contributed by atoms with E-state index in [0.29, 0.717) is 62.6 Å². The molecule has 0 saturated carbocycles. The standard InChI is InChI=1S/C36H35F3N4O2.C26H30N4O.C21H26N2O.C6H5NO/c37-36(38,39)32-16-13-28(14-17-32)15-18-34(44)43(27-31-12-7-19-40-25-31)33(24-29-8-3-1-4-9-29)35(45)42-22-20-41(21-23-42)26-30-10-5-2-6-11-30;31-26(30-16-14-29(15-17-30)21-23-10-5-2-6-11-23)25(18-22-8-3-1-4-9-22)28-20-24-12-7-13-27-19-24;1-18(16-19-8-4-2-5-9-19)21(24)23-14-12-22(13-15-23)17-20-10-6-3-7-11-20;8-5-6-2-1-3-7-4-6/h1-19,25,33H,20-24,26-27H2;1-13,19,25,28H,14-18,20-21H2;2-11,18H,12-17H2,1H3;1-5H/b18-15+;;;/t33-;25-;18-;/m000./s1. The highest BCUT2D eigenvalue weighted by Crippen LogP contribution is 2.30. The van der Waals surface area contributed by atoms with Gasteiger partial charge in [-0.1, -0.05) is 213 Å². The molecule has 3 aromatic heterocycles. The molecule has 19 heteroatoms. The Bertz CT molecular complexity index is 4300. The zero-order chi connectivity index (χ0) is 75.6. The summed E-state index contributed by atoms with van der Waals surface area (Å²) in [5, 5.41) is 3.49. The van der Waals surface area contributed by atoms with Gasteiger partial charge in [0.05, 0.1) is 11.6 Å².